The van der Waals surface area contributed by atoms with E-state index in [1.807, 2.05) is 42.2 Å². The van der Waals surface area contributed by atoms with Gasteiger partial charge in [-0.3, -0.25) is 4.79 Å². The molecule has 3 rings (SSSR count). The van der Waals surface area contributed by atoms with Crippen LogP contribution in [0.15, 0.2) is 54.6 Å². The molecule has 0 radical (unpaired) electrons. The Morgan fingerprint density at radius 1 is 1.24 bits per heavy atom. The van der Waals surface area contributed by atoms with E-state index in [2.05, 4.69) is 24.0 Å². The third kappa shape index (κ3) is 7.59. The summed E-state index contributed by atoms with van der Waals surface area (Å²) in [6.07, 6.45) is 7.30. The van der Waals surface area contributed by atoms with Gasteiger partial charge in [0.15, 0.2) is 0 Å². The minimum absolute atomic E-state index is 0.00133. The molecule has 1 aromatic carbocycles. The van der Waals surface area contributed by atoms with Crippen molar-refractivity contribution in [3.8, 4) is 11.8 Å². The van der Waals surface area contributed by atoms with Gasteiger partial charge < -0.3 is 15.1 Å². The molecule has 33 heavy (non-hydrogen) atoms. The summed E-state index contributed by atoms with van der Waals surface area (Å²) in [6.45, 7) is 2.61. The Hall–Kier alpha value is -2.88. The summed E-state index contributed by atoms with van der Waals surface area (Å²) in [5.41, 5.74) is 1.19. The molecule has 2 heterocycles. The number of likely N-dealkylation sites (tertiary alicyclic amines) is 1. The lowest BCUT2D eigenvalue weighted by Gasteiger charge is -2.23. The summed E-state index contributed by atoms with van der Waals surface area (Å²) in [4.78, 5) is 26.6. The lowest BCUT2D eigenvalue weighted by Crippen LogP contribution is -2.33. The highest BCUT2D eigenvalue weighted by molar-refractivity contribution is 7.13. The molecule has 3 atom stereocenters. The van der Waals surface area contributed by atoms with Crippen molar-refractivity contribution in [1.82, 2.24) is 4.90 Å². The first kappa shape index (κ1) is 24.8. The van der Waals surface area contributed by atoms with Gasteiger partial charge in [0.1, 0.15) is 4.88 Å². The van der Waals surface area contributed by atoms with E-state index in [0.717, 1.165) is 24.1 Å². The van der Waals surface area contributed by atoms with Crippen LogP contribution in [0, 0.1) is 17.8 Å². The minimum atomic E-state index is -0.902. The Bertz CT molecular complexity index is 1020. The smallest absolute Gasteiger partial charge is 0.345 e. The Kier molecular flexibility index (Phi) is 9.29. The predicted octanol–water partition coefficient (Wildman–Crippen LogP) is 4.56. The standard InChI is InChI=1S/C27H31NO4S/c1-20(8-5-6-11-21-9-3-2-4-10-21)24(29)16-13-22-14-18-26(30)28(22)19-7-12-23-15-17-25(33-23)27(31)32/h2-4,9-10,13,15-17,20,22,24,29H,7-8,11-12,14,18-19H2,1H3,(H,31,32)/t20-,22+,24-/m1/s1. The summed E-state index contributed by atoms with van der Waals surface area (Å²) in [5.74, 6) is 5.58. The largest absolute Gasteiger partial charge is 0.477 e. The monoisotopic (exact) mass is 465 g/mol. The van der Waals surface area contributed by atoms with Crippen LogP contribution in [0.2, 0.25) is 0 Å². The van der Waals surface area contributed by atoms with Gasteiger partial charge in [-0.25, -0.2) is 4.79 Å². The summed E-state index contributed by atoms with van der Waals surface area (Å²) >= 11 is 1.29. The number of aliphatic hydroxyl groups excluding tert-OH is 1. The quantitative estimate of drug-likeness (QED) is 0.398. The van der Waals surface area contributed by atoms with Gasteiger partial charge in [0.2, 0.25) is 5.91 Å². The molecule has 6 heteroatoms. The summed E-state index contributed by atoms with van der Waals surface area (Å²) in [6, 6.07) is 13.6. The number of hydrogen-bond acceptors (Lipinski definition) is 4. The third-order valence-electron chi connectivity index (χ3n) is 5.87. The minimum Gasteiger partial charge on any atom is -0.477 e. The van der Waals surface area contributed by atoms with Crippen molar-refractivity contribution in [2.75, 3.05) is 6.54 Å². The molecular weight excluding hydrogens is 434 g/mol. The first-order valence-electron chi connectivity index (χ1n) is 11.4. The lowest BCUT2D eigenvalue weighted by atomic mass is 9.99. The van der Waals surface area contributed by atoms with Crippen LogP contribution in [-0.4, -0.2) is 45.7 Å². The number of hydrogen-bond donors (Lipinski definition) is 2. The molecule has 174 valence electrons. The molecule has 0 unspecified atom stereocenters. The maximum Gasteiger partial charge on any atom is 0.345 e. The predicted molar refractivity (Wildman–Crippen MR) is 131 cm³/mol. The Morgan fingerprint density at radius 3 is 2.76 bits per heavy atom. The van der Waals surface area contributed by atoms with Crippen LogP contribution >= 0.6 is 11.3 Å². The molecule has 5 nitrogen and oxygen atoms in total. The maximum absolute atomic E-state index is 12.3. The van der Waals surface area contributed by atoms with Crippen LogP contribution in [0.5, 0.6) is 0 Å². The zero-order valence-electron chi connectivity index (χ0n) is 18.9. The van der Waals surface area contributed by atoms with E-state index in [4.69, 9.17) is 5.11 Å². The molecule has 0 saturated carbocycles. The molecular formula is C27H31NO4S. The molecule has 2 aromatic rings. The maximum atomic E-state index is 12.3. The van der Waals surface area contributed by atoms with Crippen LogP contribution < -0.4 is 0 Å². The van der Waals surface area contributed by atoms with Crippen molar-refractivity contribution < 1.29 is 19.8 Å². The molecule has 1 fully saturated rings. The summed E-state index contributed by atoms with van der Waals surface area (Å²) in [5, 5.41) is 19.6. The highest BCUT2D eigenvalue weighted by Crippen LogP contribution is 2.23. The first-order chi connectivity index (χ1) is 15.9. The Balaban J connectivity index is 1.44. The highest BCUT2D eigenvalue weighted by atomic mass is 32.1. The van der Waals surface area contributed by atoms with Crippen LogP contribution in [-0.2, 0) is 17.6 Å². The fourth-order valence-electron chi connectivity index (χ4n) is 3.84. The Labute approximate surface area is 199 Å². The number of thiophene rings is 1. The molecule has 1 aromatic heterocycles. The number of amides is 1. The van der Waals surface area contributed by atoms with E-state index < -0.39 is 12.1 Å². The number of aliphatic hydroxyl groups is 1. The number of carboxylic acid groups (broad SMARTS) is 1. The van der Waals surface area contributed by atoms with Crippen molar-refractivity contribution in [3.05, 3.63) is 69.9 Å². The fourth-order valence-corrected chi connectivity index (χ4v) is 4.73. The van der Waals surface area contributed by atoms with Gasteiger partial charge in [-0.1, -0.05) is 55.3 Å². The molecule has 0 spiro atoms. The number of carbonyl (C=O) groups excluding carboxylic acids is 1. The van der Waals surface area contributed by atoms with E-state index in [1.165, 1.54) is 16.9 Å². The molecule has 1 amide bonds. The van der Waals surface area contributed by atoms with Gasteiger partial charge >= 0.3 is 5.97 Å². The zero-order valence-corrected chi connectivity index (χ0v) is 19.8. The van der Waals surface area contributed by atoms with Gasteiger partial charge in [-0.15, -0.1) is 17.3 Å². The van der Waals surface area contributed by atoms with Crippen molar-refractivity contribution in [1.29, 1.82) is 0 Å². The molecule has 1 aliphatic rings. The lowest BCUT2D eigenvalue weighted by molar-refractivity contribution is -0.128. The second kappa shape index (κ2) is 12.4. The van der Waals surface area contributed by atoms with Crippen molar-refractivity contribution in [2.24, 2.45) is 5.92 Å². The van der Waals surface area contributed by atoms with E-state index in [0.29, 0.717) is 30.7 Å². The second-order valence-electron chi connectivity index (χ2n) is 8.44. The van der Waals surface area contributed by atoms with E-state index in [-0.39, 0.29) is 17.9 Å². The summed E-state index contributed by atoms with van der Waals surface area (Å²) < 4.78 is 0. The Morgan fingerprint density at radius 2 is 2.03 bits per heavy atom. The molecule has 0 bridgehead atoms. The molecule has 1 aliphatic heterocycles. The van der Waals surface area contributed by atoms with Crippen molar-refractivity contribution >= 4 is 23.2 Å². The van der Waals surface area contributed by atoms with Crippen LogP contribution in [0.3, 0.4) is 0 Å². The van der Waals surface area contributed by atoms with Crippen molar-refractivity contribution in [2.45, 2.75) is 57.6 Å². The number of aryl methyl sites for hydroxylation is 1. The normalized spacial score (nSPS) is 17.7. The van der Waals surface area contributed by atoms with E-state index in [1.54, 1.807) is 12.1 Å². The second-order valence-corrected chi connectivity index (χ2v) is 9.61. The number of nitrogens with zero attached hydrogens (tertiary/aromatic N) is 1. The van der Waals surface area contributed by atoms with Crippen molar-refractivity contribution in [3.63, 3.8) is 0 Å². The van der Waals surface area contributed by atoms with Gasteiger partial charge in [0, 0.05) is 30.7 Å². The van der Waals surface area contributed by atoms with Gasteiger partial charge in [0.25, 0.3) is 0 Å². The summed E-state index contributed by atoms with van der Waals surface area (Å²) in [7, 11) is 0. The molecule has 1 saturated heterocycles. The van der Waals surface area contributed by atoms with Gasteiger partial charge in [0.05, 0.1) is 12.1 Å². The fraction of sp³-hybridized carbons (Fsp3) is 0.407. The average molecular weight is 466 g/mol. The van der Waals surface area contributed by atoms with E-state index >= 15 is 0 Å². The topological polar surface area (TPSA) is 77.8 Å². The van der Waals surface area contributed by atoms with Crippen LogP contribution in [0.1, 0.15) is 52.7 Å². The average Bonchev–Trinajstić information content (AvgIpc) is 3.43. The van der Waals surface area contributed by atoms with Crippen LogP contribution in [0.4, 0.5) is 0 Å². The number of rotatable bonds is 10. The number of aromatic carboxylic acids is 1. The highest BCUT2D eigenvalue weighted by Gasteiger charge is 2.28. The van der Waals surface area contributed by atoms with Gasteiger partial charge in [-0.05, 0) is 42.9 Å². The SMILES string of the molecule is C[C@H](CC#CCc1ccccc1)[C@H](O)C=C[C@H]1CCC(=O)N1CCCc1ccc(C(=O)O)s1. The van der Waals surface area contributed by atoms with Crippen LogP contribution in [0.25, 0.3) is 0 Å². The molecule has 0 aliphatic carbocycles. The third-order valence-corrected chi connectivity index (χ3v) is 7.00. The zero-order chi connectivity index (χ0) is 23.6. The molecule has 2 N–H and O–H groups in total. The van der Waals surface area contributed by atoms with E-state index in [9.17, 15) is 14.7 Å². The number of benzene rings is 1. The van der Waals surface area contributed by atoms with Gasteiger partial charge in [-0.2, -0.15) is 0 Å². The number of carboxylic acids is 1. The first-order valence-corrected chi connectivity index (χ1v) is 12.2. The number of carbonyl (C=O) groups is 2.